The zero-order valence-electron chi connectivity index (χ0n) is 19.0. The van der Waals surface area contributed by atoms with Gasteiger partial charge in [-0.1, -0.05) is 47.7 Å². The lowest BCUT2D eigenvalue weighted by Gasteiger charge is -2.36. The number of benzene rings is 2. The molecule has 2 aromatic carbocycles. The number of pyridine rings is 1. The van der Waals surface area contributed by atoms with Gasteiger partial charge in [-0.05, 0) is 43.3 Å². The minimum absolute atomic E-state index is 0.127. The molecule has 1 amide bonds. The molecule has 0 unspecified atom stereocenters. The van der Waals surface area contributed by atoms with Crippen LogP contribution in [0.1, 0.15) is 5.56 Å². The third-order valence-corrected chi connectivity index (χ3v) is 6.86. The van der Waals surface area contributed by atoms with E-state index in [2.05, 4.69) is 63.4 Å². The number of hydrogen-bond donors (Lipinski definition) is 0. The molecular weight excluding hydrogens is 444 g/mol. The number of thioether (sulfide) groups is 1. The molecule has 0 bridgehead atoms. The minimum atomic E-state index is 0.127. The molecule has 0 N–H and O–H groups in total. The van der Waals surface area contributed by atoms with Crippen molar-refractivity contribution in [3.8, 4) is 17.1 Å². The number of carbonyl (C=O) groups is 1. The van der Waals surface area contributed by atoms with Gasteiger partial charge in [0.1, 0.15) is 0 Å². The van der Waals surface area contributed by atoms with E-state index in [1.54, 1.807) is 12.4 Å². The Morgan fingerprint density at radius 3 is 2.26 bits per heavy atom. The highest BCUT2D eigenvalue weighted by Crippen LogP contribution is 2.28. The highest BCUT2D eigenvalue weighted by atomic mass is 32.2. The zero-order chi connectivity index (χ0) is 23.3. The Bertz CT molecular complexity index is 1240. The molecule has 1 saturated heterocycles. The normalized spacial score (nSPS) is 13.8. The molecule has 0 spiro atoms. The highest BCUT2D eigenvalue weighted by molar-refractivity contribution is 7.99. The molecule has 7 nitrogen and oxygen atoms in total. The molecule has 0 atom stereocenters. The van der Waals surface area contributed by atoms with Crippen molar-refractivity contribution in [1.29, 1.82) is 0 Å². The predicted molar refractivity (Wildman–Crippen MR) is 135 cm³/mol. The number of para-hydroxylation sites is 1. The van der Waals surface area contributed by atoms with Gasteiger partial charge in [-0.25, -0.2) is 0 Å². The fourth-order valence-electron chi connectivity index (χ4n) is 4.05. The molecule has 172 valence electrons. The first-order valence-corrected chi connectivity index (χ1v) is 12.3. The van der Waals surface area contributed by atoms with Crippen molar-refractivity contribution in [2.45, 2.75) is 12.1 Å². The van der Waals surface area contributed by atoms with Crippen LogP contribution in [0.5, 0.6) is 0 Å². The van der Waals surface area contributed by atoms with Gasteiger partial charge in [-0.15, -0.1) is 10.2 Å². The van der Waals surface area contributed by atoms with Crippen LogP contribution in [0.25, 0.3) is 17.1 Å². The van der Waals surface area contributed by atoms with Crippen LogP contribution in [0.2, 0.25) is 0 Å². The van der Waals surface area contributed by atoms with Crippen molar-refractivity contribution in [2.75, 3.05) is 36.8 Å². The summed E-state index contributed by atoms with van der Waals surface area (Å²) in [6, 6.07) is 22.4. The number of hydrogen-bond acceptors (Lipinski definition) is 6. The topological polar surface area (TPSA) is 67.2 Å². The van der Waals surface area contributed by atoms with E-state index in [-0.39, 0.29) is 5.91 Å². The summed E-state index contributed by atoms with van der Waals surface area (Å²) in [7, 11) is 0. The van der Waals surface area contributed by atoms with Crippen molar-refractivity contribution < 1.29 is 4.79 Å². The maximum Gasteiger partial charge on any atom is 0.233 e. The molecule has 2 aromatic heterocycles. The first-order chi connectivity index (χ1) is 16.7. The van der Waals surface area contributed by atoms with Crippen LogP contribution in [-0.4, -0.2) is 62.5 Å². The Balaban J connectivity index is 1.29. The first-order valence-electron chi connectivity index (χ1n) is 11.3. The molecule has 0 radical (unpaired) electrons. The van der Waals surface area contributed by atoms with Gasteiger partial charge in [0.25, 0.3) is 0 Å². The number of nitrogens with zero attached hydrogens (tertiary/aromatic N) is 6. The second-order valence-corrected chi connectivity index (χ2v) is 9.15. The van der Waals surface area contributed by atoms with Crippen LogP contribution in [0, 0.1) is 6.92 Å². The summed E-state index contributed by atoms with van der Waals surface area (Å²) in [5, 5.41) is 9.59. The van der Waals surface area contributed by atoms with Crippen molar-refractivity contribution >= 4 is 23.4 Å². The van der Waals surface area contributed by atoms with Gasteiger partial charge in [0.2, 0.25) is 5.91 Å². The second kappa shape index (κ2) is 10.1. The lowest BCUT2D eigenvalue weighted by atomic mass is 10.2. The minimum Gasteiger partial charge on any atom is -0.368 e. The number of amides is 1. The van der Waals surface area contributed by atoms with E-state index in [9.17, 15) is 4.79 Å². The summed E-state index contributed by atoms with van der Waals surface area (Å²) >= 11 is 1.43. The van der Waals surface area contributed by atoms with Crippen LogP contribution < -0.4 is 4.90 Å². The van der Waals surface area contributed by atoms with Crippen molar-refractivity contribution in [2.24, 2.45) is 0 Å². The van der Waals surface area contributed by atoms with E-state index in [0.29, 0.717) is 10.9 Å². The molecule has 1 aliphatic rings. The highest BCUT2D eigenvalue weighted by Gasteiger charge is 2.23. The number of piperazine rings is 1. The van der Waals surface area contributed by atoms with E-state index >= 15 is 0 Å². The maximum atomic E-state index is 13.0. The molecule has 3 heterocycles. The maximum absolute atomic E-state index is 13.0. The summed E-state index contributed by atoms with van der Waals surface area (Å²) in [6.07, 6.45) is 3.49. The van der Waals surface area contributed by atoms with Gasteiger partial charge >= 0.3 is 0 Å². The quantitative estimate of drug-likeness (QED) is 0.396. The van der Waals surface area contributed by atoms with Gasteiger partial charge in [0, 0.05) is 55.5 Å². The number of aryl methyl sites for hydroxylation is 1. The molecule has 5 rings (SSSR count). The average Bonchev–Trinajstić information content (AvgIpc) is 3.33. The Morgan fingerprint density at radius 1 is 0.853 bits per heavy atom. The van der Waals surface area contributed by atoms with Crippen LogP contribution >= 0.6 is 11.8 Å². The van der Waals surface area contributed by atoms with E-state index in [0.717, 1.165) is 43.3 Å². The molecule has 1 aliphatic heterocycles. The fourth-order valence-corrected chi connectivity index (χ4v) is 4.90. The van der Waals surface area contributed by atoms with Gasteiger partial charge in [-0.2, -0.15) is 0 Å². The number of aromatic nitrogens is 4. The van der Waals surface area contributed by atoms with Crippen molar-refractivity contribution in [3.63, 3.8) is 0 Å². The summed E-state index contributed by atoms with van der Waals surface area (Å²) in [5.41, 5.74) is 4.28. The van der Waals surface area contributed by atoms with Gasteiger partial charge < -0.3 is 9.80 Å². The Labute approximate surface area is 203 Å². The Hall–Kier alpha value is -3.65. The molecular formula is C26H26N6OS. The Morgan fingerprint density at radius 2 is 1.56 bits per heavy atom. The SMILES string of the molecule is Cc1ccc(-n2c(SCC(=O)N3CCN(c4ccccc4)CC3)nnc2-c2ccncc2)cc1. The van der Waals surface area contributed by atoms with Gasteiger partial charge in [0.05, 0.1) is 5.75 Å². The molecule has 1 fully saturated rings. The first kappa shape index (κ1) is 22.2. The van der Waals surface area contributed by atoms with E-state index in [1.165, 1.54) is 23.0 Å². The summed E-state index contributed by atoms with van der Waals surface area (Å²) in [6.45, 7) is 5.19. The van der Waals surface area contributed by atoms with Gasteiger partial charge in [0.15, 0.2) is 11.0 Å². The molecule has 0 aliphatic carbocycles. The predicted octanol–water partition coefficient (Wildman–Crippen LogP) is 4.08. The number of anilines is 1. The summed E-state index contributed by atoms with van der Waals surface area (Å²) < 4.78 is 2.01. The van der Waals surface area contributed by atoms with Crippen molar-refractivity contribution in [3.05, 3.63) is 84.7 Å². The van der Waals surface area contributed by atoms with Crippen LogP contribution in [-0.2, 0) is 4.79 Å². The van der Waals surface area contributed by atoms with Crippen LogP contribution in [0.3, 0.4) is 0 Å². The zero-order valence-corrected chi connectivity index (χ0v) is 19.9. The Kier molecular flexibility index (Phi) is 6.58. The lowest BCUT2D eigenvalue weighted by molar-refractivity contribution is -0.128. The number of rotatable bonds is 6. The lowest BCUT2D eigenvalue weighted by Crippen LogP contribution is -2.49. The van der Waals surface area contributed by atoms with E-state index < -0.39 is 0 Å². The second-order valence-electron chi connectivity index (χ2n) is 8.21. The van der Waals surface area contributed by atoms with Gasteiger partial charge in [-0.3, -0.25) is 14.3 Å². The molecule has 34 heavy (non-hydrogen) atoms. The average molecular weight is 471 g/mol. The standard InChI is InChI=1S/C26H26N6OS/c1-20-7-9-23(10-8-20)32-25(21-11-13-27-14-12-21)28-29-26(32)34-19-24(33)31-17-15-30(16-18-31)22-5-3-2-4-6-22/h2-14H,15-19H2,1H3. The van der Waals surface area contributed by atoms with E-state index in [1.807, 2.05) is 39.8 Å². The third kappa shape index (κ3) is 4.82. The largest absolute Gasteiger partial charge is 0.368 e. The third-order valence-electron chi connectivity index (χ3n) is 5.94. The van der Waals surface area contributed by atoms with Crippen LogP contribution in [0.15, 0.2) is 84.3 Å². The molecule has 4 aromatic rings. The monoisotopic (exact) mass is 470 g/mol. The molecule has 0 saturated carbocycles. The number of carbonyl (C=O) groups excluding carboxylic acids is 1. The smallest absolute Gasteiger partial charge is 0.233 e. The van der Waals surface area contributed by atoms with E-state index in [4.69, 9.17) is 0 Å². The summed E-state index contributed by atoms with van der Waals surface area (Å²) in [4.78, 5) is 21.4. The van der Waals surface area contributed by atoms with Crippen molar-refractivity contribution in [1.82, 2.24) is 24.6 Å². The molecule has 8 heteroatoms. The summed E-state index contributed by atoms with van der Waals surface area (Å²) in [5.74, 6) is 1.19. The van der Waals surface area contributed by atoms with Crippen LogP contribution in [0.4, 0.5) is 5.69 Å². The fraction of sp³-hybridized carbons (Fsp3) is 0.231.